The highest BCUT2D eigenvalue weighted by molar-refractivity contribution is 5.97. The van der Waals surface area contributed by atoms with Crippen LogP contribution in [0.4, 0.5) is 13.2 Å². The summed E-state index contributed by atoms with van der Waals surface area (Å²) in [6.45, 7) is 5.52. The lowest BCUT2D eigenvalue weighted by molar-refractivity contribution is -0.274. The van der Waals surface area contributed by atoms with Crippen LogP contribution in [0.1, 0.15) is 60.3 Å². The number of amides is 1. The number of hydrogen-bond donors (Lipinski definition) is 0. The minimum absolute atomic E-state index is 0.0135. The van der Waals surface area contributed by atoms with E-state index in [1.54, 1.807) is 4.68 Å². The standard InChI is InChI=1S/C21H24F3N3O2/c1-13-9-11-26(12-10-13)20(28)18-14(2)25-27(19(18)15-3-4-15)16-5-7-17(8-6-16)29-21(22,23)24/h5-8,13,15H,3-4,9-12H2,1-2H3. The van der Waals surface area contributed by atoms with Crippen molar-refractivity contribution in [1.82, 2.24) is 14.7 Å². The Hall–Kier alpha value is -2.51. The summed E-state index contributed by atoms with van der Waals surface area (Å²) in [4.78, 5) is 15.2. The fourth-order valence-corrected chi connectivity index (χ4v) is 3.90. The Morgan fingerprint density at radius 1 is 1.10 bits per heavy atom. The molecule has 2 heterocycles. The molecular weight excluding hydrogens is 383 g/mol. The summed E-state index contributed by atoms with van der Waals surface area (Å²) in [5, 5.41) is 4.58. The van der Waals surface area contributed by atoms with Gasteiger partial charge in [0.05, 0.1) is 22.6 Å². The van der Waals surface area contributed by atoms with Crippen LogP contribution in [0.2, 0.25) is 0 Å². The first-order valence-electron chi connectivity index (χ1n) is 9.98. The molecule has 2 aliphatic rings. The van der Waals surface area contributed by atoms with E-state index in [1.807, 2.05) is 11.8 Å². The Kier molecular flexibility index (Phi) is 5.04. The maximum atomic E-state index is 13.3. The molecule has 1 aromatic heterocycles. The molecule has 0 spiro atoms. The van der Waals surface area contributed by atoms with E-state index < -0.39 is 6.36 Å². The first-order valence-corrected chi connectivity index (χ1v) is 9.98. The van der Waals surface area contributed by atoms with Crippen molar-refractivity contribution in [3.63, 3.8) is 0 Å². The molecule has 0 unspecified atom stereocenters. The molecule has 2 aromatic rings. The minimum Gasteiger partial charge on any atom is -0.406 e. The average molecular weight is 407 g/mol. The van der Waals surface area contributed by atoms with E-state index in [0.717, 1.165) is 44.5 Å². The molecule has 1 aromatic carbocycles. The van der Waals surface area contributed by atoms with Gasteiger partial charge in [0, 0.05) is 19.0 Å². The first kappa shape index (κ1) is 19.8. The molecule has 1 aliphatic heterocycles. The molecule has 1 saturated carbocycles. The Morgan fingerprint density at radius 2 is 1.72 bits per heavy atom. The number of carbonyl (C=O) groups excluding carboxylic acids is 1. The van der Waals surface area contributed by atoms with E-state index in [4.69, 9.17) is 0 Å². The van der Waals surface area contributed by atoms with Gasteiger partial charge in [-0.15, -0.1) is 13.2 Å². The van der Waals surface area contributed by atoms with E-state index in [0.29, 0.717) is 22.9 Å². The Labute approximate surface area is 167 Å². The highest BCUT2D eigenvalue weighted by atomic mass is 19.4. The van der Waals surface area contributed by atoms with Gasteiger partial charge in [-0.2, -0.15) is 5.10 Å². The summed E-state index contributed by atoms with van der Waals surface area (Å²) in [6, 6.07) is 5.61. The molecule has 0 atom stereocenters. The van der Waals surface area contributed by atoms with Crippen LogP contribution in [0.5, 0.6) is 5.75 Å². The number of aryl methyl sites for hydroxylation is 1. The number of carbonyl (C=O) groups is 1. The number of hydrogen-bond acceptors (Lipinski definition) is 3. The normalized spacial score (nSPS) is 18.2. The highest BCUT2D eigenvalue weighted by Crippen LogP contribution is 2.44. The predicted molar refractivity (Wildman–Crippen MR) is 101 cm³/mol. The SMILES string of the molecule is Cc1nn(-c2ccc(OC(F)(F)F)cc2)c(C2CC2)c1C(=O)N1CCC(C)CC1. The zero-order valence-electron chi connectivity index (χ0n) is 16.5. The molecule has 0 N–H and O–H groups in total. The fourth-order valence-electron chi connectivity index (χ4n) is 3.90. The van der Waals surface area contributed by atoms with Gasteiger partial charge in [-0.1, -0.05) is 6.92 Å². The molecule has 1 aliphatic carbocycles. The smallest absolute Gasteiger partial charge is 0.406 e. The third-order valence-electron chi connectivity index (χ3n) is 5.66. The fraction of sp³-hybridized carbons (Fsp3) is 0.524. The maximum Gasteiger partial charge on any atom is 0.573 e. The predicted octanol–water partition coefficient (Wildman–Crippen LogP) is 4.83. The van der Waals surface area contributed by atoms with Gasteiger partial charge in [0.15, 0.2) is 0 Å². The van der Waals surface area contributed by atoms with Gasteiger partial charge < -0.3 is 9.64 Å². The van der Waals surface area contributed by atoms with Gasteiger partial charge in [0.2, 0.25) is 0 Å². The Bertz CT molecular complexity index is 893. The largest absolute Gasteiger partial charge is 0.573 e. The quantitative estimate of drug-likeness (QED) is 0.730. The summed E-state index contributed by atoms with van der Waals surface area (Å²) < 4.78 is 42.9. The molecule has 0 radical (unpaired) electrons. The number of ether oxygens (including phenoxy) is 1. The van der Waals surface area contributed by atoms with Crippen molar-refractivity contribution in [3.05, 3.63) is 41.2 Å². The molecule has 1 saturated heterocycles. The summed E-state index contributed by atoms with van der Waals surface area (Å²) in [6.07, 6.45) is -0.763. The monoisotopic (exact) mass is 407 g/mol. The van der Waals surface area contributed by atoms with E-state index in [2.05, 4.69) is 16.8 Å². The minimum atomic E-state index is -4.73. The second-order valence-electron chi connectivity index (χ2n) is 8.05. The average Bonchev–Trinajstić information content (AvgIpc) is 3.44. The molecule has 4 rings (SSSR count). The van der Waals surface area contributed by atoms with Crippen molar-refractivity contribution in [2.75, 3.05) is 13.1 Å². The second-order valence-corrected chi connectivity index (χ2v) is 8.05. The molecule has 0 bridgehead atoms. The van der Waals surface area contributed by atoms with Gasteiger partial charge >= 0.3 is 6.36 Å². The molecule has 8 heteroatoms. The van der Waals surface area contributed by atoms with Crippen molar-refractivity contribution < 1.29 is 22.7 Å². The highest BCUT2D eigenvalue weighted by Gasteiger charge is 2.36. The van der Waals surface area contributed by atoms with Crippen molar-refractivity contribution in [3.8, 4) is 11.4 Å². The summed E-state index contributed by atoms with van der Waals surface area (Å²) in [5.41, 5.74) is 2.80. The molecular formula is C21H24F3N3O2. The zero-order chi connectivity index (χ0) is 20.8. The van der Waals surface area contributed by atoms with E-state index in [-0.39, 0.29) is 17.6 Å². The van der Waals surface area contributed by atoms with Crippen molar-refractivity contribution in [1.29, 1.82) is 0 Å². The van der Waals surface area contributed by atoms with E-state index >= 15 is 0 Å². The van der Waals surface area contributed by atoms with Crippen LogP contribution in [-0.4, -0.2) is 40.0 Å². The molecule has 5 nitrogen and oxygen atoms in total. The van der Waals surface area contributed by atoms with Crippen LogP contribution in [0.3, 0.4) is 0 Å². The number of aromatic nitrogens is 2. The van der Waals surface area contributed by atoms with Gasteiger partial charge in [-0.3, -0.25) is 4.79 Å². The molecule has 2 fully saturated rings. The lowest BCUT2D eigenvalue weighted by atomic mass is 9.98. The molecule has 1 amide bonds. The van der Waals surface area contributed by atoms with E-state index in [9.17, 15) is 18.0 Å². The summed E-state index contributed by atoms with van der Waals surface area (Å²) in [5.74, 6) is 0.615. The molecule has 29 heavy (non-hydrogen) atoms. The van der Waals surface area contributed by atoms with Gasteiger partial charge in [0.25, 0.3) is 5.91 Å². The van der Waals surface area contributed by atoms with Crippen LogP contribution >= 0.6 is 0 Å². The van der Waals surface area contributed by atoms with Crippen LogP contribution in [0.15, 0.2) is 24.3 Å². The van der Waals surface area contributed by atoms with Crippen LogP contribution in [-0.2, 0) is 0 Å². The number of rotatable bonds is 4. The number of benzene rings is 1. The second kappa shape index (κ2) is 7.39. The lowest BCUT2D eigenvalue weighted by Gasteiger charge is -2.30. The number of alkyl halides is 3. The third kappa shape index (κ3) is 4.26. The van der Waals surface area contributed by atoms with Gasteiger partial charge in [-0.25, -0.2) is 4.68 Å². The Morgan fingerprint density at radius 3 is 2.28 bits per heavy atom. The van der Waals surface area contributed by atoms with Crippen molar-refractivity contribution in [2.45, 2.75) is 51.8 Å². The van der Waals surface area contributed by atoms with Gasteiger partial charge in [0.1, 0.15) is 5.75 Å². The lowest BCUT2D eigenvalue weighted by Crippen LogP contribution is -2.38. The first-order chi connectivity index (χ1) is 13.7. The number of nitrogens with zero attached hydrogens (tertiary/aromatic N) is 3. The number of likely N-dealkylation sites (tertiary alicyclic amines) is 1. The summed E-state index contributed by atoms with van der Waals surface area (Å²) in [7, 11) is 0. The van der Waals surface area contributed by atoms with E-state index in [1.165, 1.54) is 24.3 Å². The van der Waals surface area contributed by atoms with Crippen LogP contribution < -0.4 is 4.74 Å². The van der Waals surface area contributed by atoms with Crippen LogP contribution in [0, 0.1) is 12.8 Å². The van der Waals surface area contributed by atoms with Crippen molar-refractivity contribution >= 4 is 5.91 Å². The topological polar surface area (TPSA) is 47.4 Å². The summed E-state index contributed by atoms with van der Waals surface area (Å²) >= 11 is 0. The third-order valence-corrected chi connectivity index (χ3v) is 5.66. The van der Waals surface area contributed by atoms with Gasteiger partial charge in [-0.05, 0) is 62.8 Å². The van der Waals surface area contributed by atoms with Crippen molar-refractivity contribution in [2.24, 2.45) is 5.92 Å². The Balaban J connectivity index is 1.65. The number of halogens is 3. The zero-order valence-corrected chi connectivity index (χ0v) is 16.5. The van der Waals surface area contributed by atoms with Crippen LogP contribution in [0.25, 0.3) is 5.69 Å². The number of piperidine rings is 1. The molecule has 156 valence electrons. The maximum absolute atomic E-state index is 13.3.